The molecule has 0 fully saturated rings. The lowest BCUT2D eigenvalue weighted by Gasteiger charge is -2.17. The molecule has 0 aromatic heterocycles. The second kappa shape index (κ2) is 4.84. The molecule has 1 amide bonds. The number of carbonyl (C=O) groups excluding carboxylic acids is 1. The van der Waals surface area contributed by atoms with Gasteiger partial charge in [0.1, 0.15) is 11.9 Å². The Balaban J connectivity index is 2.12. The highest BCUT2D eigenvalue weighted by Crippen LogP contribution is 2.32. The molecule has 1 aliphatic carbocycles. The Kier molecular flexibility index (Phi) is 3.43. The molecule has 3 nitrogen and oxygen atoms in total. The lowest BCUT2D eigenvalue weighted by molar-refractivity contribution is -0.130. The van der Waals surface area contributed by atoms with Gasteiger partial charge in [-0.2, -0.15) is 0 Å². The van der Waals surface area contributed by atoms with E-state index in [0.29, 0.717) is 6.42 Å². The van der Waals surface area contributed by atoms with Crippen LogP contribution >= 0.6 is 0 Å². The van der Waals surface area contributed by atoms with Crippen LogP contribution < -0.4 is 5.32 Å². The number of rotatable bonds is 3. The fourth-order valence-corrected chi connectivity index (χ4v) is 2.16. The first-order valence-corrected chi connectivity index (χ1v) is 5.74. The Morgan fingerprint density at radius 3 is 3.06 bits per heavy atom. The smallest absolute Gasteiger partial charge is 0.249 e. The first-order valence-electron chi connectivity index (χ1n) is 5.74. The zero-order valence-electron chi connectivity index (χ0n) is 10.00. The van der Waals surface area contributed by atoms with Crippen LogP contribution in [0.4, 0.5) is 4.39 Å². The lowest BCUT2D eigenvalue weighted by atomic mass is 10.1. The summed E-state index contributed by atoms with van der Waals surface area (Å²) in [6, 6.07) is 4.92. The van der Waals surface area contributed by atoms with E-state index in [1.54, 1.807) is 13.0 Å². The van der Waals surface area contributed by atoms with E-state index < -0.39 is 6.10 Å². The molecule has 92 valence electrons. The summed E-state index contributed by atoms with van der Waals surface area (Å²) in [5, 5.41) is 2.88. The quantitative estimate of drug-likeness (QED) is 0.872. The van der Waals surface area contributed by atoms with Crippen molar-refractivity contribution in [1.82, 2.24) is 5.32 Å². The highest BCUT2D eigenvalue weighted by Gasteiger charge is 2.27. The minimum atomic E-state index is -0.479. The van der Waals surface area contributed by atoms with Crippen LogP contribution in [-0.2, 0) is 16.0 Å². The Morgan fingerprint density at radius 1 is 1.59 bits per heavy atom. The van der Waals surface area contributed by atoms with Crippen molar-refractivity contribution in [2.75, 3.05) is 7.11 Å². The second-order valence-corrected chi connectivity index (χ2v) is 4.29. The number of halogens is 1. The summed E-state index contributed by atoms with van der Waals surface area (Å²) in [5.74, 6) is -0.339. The van der Waals surface area contributed by atoms with Crippen LogP contribution in [0.25, 0.3) is 0 Å². The number of benzene rings is 1. The Morgan fingerprint density at radius 2 is 2.35 bits per heavy atom. The zero-order chi connectivity index (χ0) is 12.4. The number of nitrogens with one attached hydrogen (secondary N) is 1. The third-order valence-electron chi connectivity index (χ3n) is 3.25. The first-order chi connectivity index (χ1) is 8.13. The largest absolute Gasteiger partial charge is 0.372 e. The van der Waals surface area contributed by atoms with Crippen molar-refractivity contribution in [3.63, 3.8) is 0 Å². The number of hydrogen-bond acceptors (Lipinski definition) is 2. The summed E-state index contributed by atoms with van der Waals surface area (Å²) < 4.78 is 18.4. The van der Waals surface area contributed by atoms with Crippen molar-refractivity contribution in [3.05, 3.63) is 35.1 Å². The monoisotopic (exact) mass is 237 g/mol. The number of hydrogen-bond donors (Lipinski definition) is 1. The molecule has 0 radical (unpaired) electrons. The summed E-state index contributed by atoms with van der Waals surface area (Å²) in [7, 11) is 1.49. The van der Waals surface area contributed by atoms with Gasteiger partial charge in [0.15, 0.2) is 0 Å². The number of methoxy groups -OCH3 is 1. The summed E-state index contributed by atoms with van der Waals surface area (Å²) in [5.41, 5.74) is 1.62. The predicted molar refractivity (Wildman–Crippen MR) is 62.1 cm³/mol. The Bertz CT molecular complexity index is 433. The maximum absolute atomic E-state index is 13.5. The van der Waals surface area contributed by atoms with Gasteiger partial charge in [-0.3, -0.25) is 4.79 Å². The molecule has 0 heterocycles. The van der Waals surface area contributed by atoms with E-state index in [1.807, 2.05) is 6.07 Å². The Labute approximate surface area is 100.0 Å². The highest BCUT2D eigenvalue weighted by molar-refractivity contribution is 5.80. The maximum atomic E-state index is 13.5. The molecule has 0 saturated carbocycles. The minimum Gasteiger partial charge on any atom is -0.372 e. The third kappa shape index (κ3) is 2.31. The van der Waals surface area contributed by atoms with Gasteiger partial charge in [-0.05, 0) is 37.0 Å². The minimum absolute atomic E-state index is 0.0919. The van der Waals surface area contributed by atoms with Gasteiger partial charge in [0.25, 0.3) is 0 Å². The molecule has 2 unspecified atom stereocenters. The van der Waals surface area contributed by atoms with Crippen LogP contribution in [0.15, 0.2) is 18.2 Å². The van der Waals surface area contributed by atoms with E-state index in [9.17, 15) is 9.18 Å². The molecule has 1 aromatic rings. The fraction of sp³-hybridized carbons (Fsp3) is 0.462. The van der Waals surface area contributed by atoms with Crippen LogP contribution in [0.1, 0.15) is 30.5 Å². The highest BCUT2D eigenvalue weighted by atomic mass is 19.1. The molecular weight excluding hydrogens is 221 g/mol. The van der Waals surface area contributed by atoms with Crippen molar-refractivity contribution in [2.24, 2.45) is 0 Å². The molecule has 2 atom stereocenters. The third-order valence-corrected chi connectivity index (χ3v) is 3.25. The van der Waals surface area contributed by atoms with Crippen molar-refractivity contribution < 1.29 is 13.9 Å². The normalized spacial score (nSPS) is 19.8. The standard InChI is InChI=1S/C13H16FNO2/c1-8(17-2)13(16)15-12-7-6-9-10(12)4-3-5-11(9)14/h3-5,8,12H,6-7H2,1-2H3,(H,15,16). The van der Waals surface area contributed by atoms with Crippen LogP contribution in [0.2, 0.25) is 0 Å². The van der Waals surface area contributed by atoms with Crippen LogP contribution in [-0.4, -0.2) is 19.1 Å². The number of fused-ring (bicyclic) bond motifs is 1. The Hall–Kier alpha value is -1.42. The predicted octanol–water partition coefficient (Wildman–Crippen LogP) is 1.96. The summed E-state index contributed by atoms with van der Waals surface area (Å²) in [6.45, 7) is 1.69. The molecule has 4 heteroatoms. The average molecular weight is 237 g/mol. The lowest BCUT2D eigenvalue weighted by Crippen LogP contribution is -2.35. The van der Waals surface area contributed by atoms with Crippen LogP contribution in [0.5, 0.6) is 0 Å². The van der Waals surface area contributed by atoms with Gasteiger partial charge >= 0.3 is 0 Å². The molecule has 1 aromatic carbocycles. The van der Waals surface area contributed by atoms with Crippen molar-refractivity contribution in [1.29, 1.82) is 0 Å². The van der Waals surface area contributed by atoms with Gasteiger partial charge in [0, 0.05) is 7.11 Å². The molecular formula is C13H16FNO2. The fourth-order valence-electron chi connectivity index (χ4n) is 2.16. The van der Waals surface area contributed by atoms with Gasteiger partial charge in [0.05, 0.1) is 6.04 Å². The molecule has 0 aliphatic heterocycles. The van der Waals surface area contributed by atoms with E-state index in [2.05, 4.69) is 5.32 Å². The summed E-state index contributed by atoms with van der Waals surface area (Å²) in [6.07, 6.45) is 0.944. The summed E-state index contributed by atoms with van der Waals surface area (Å²) >= 11 is 0. The van der Waals surface area contributed by atoms with Gasteiger partial charge in [-0.1, -0.05) is 12.1 Å². The molecule has 0 saturated heterocycles. The number of carbonyl (C=O) groups is 1. The number of amides is 1. The van der Waals surface area contributed by atoms with Gasteiger partial charge < -0.3 is 10.1 Å². The van der Waals surface area contributed by atoms with Gasteiger partial charge in [-0.15, -0.1) is 0 Å². The molecule has 17 heavy (non-hydrogen) atoms. The average Bonchev–Trinajstić information content (AvgIpc) is 2.73. The van der Waals surface area contributed by atoms with E-state index in [-0.39, 0.29) is 17.8 Å². The van der Waals surface area contributed by atoms with Crippen molar-refractivity contribution >= 4 is 5.91 Å². The van der Waals surface area contributed by atoms with Crippen LogP contribution in [0, 0.1) is 5.82 Å². The molecule has 0 bridgehead atoms. The summed E-state index contributed by atoms with van der Waals surface area (Å²) in [4.78, 5) is 11.7. The second-order valence-electron chi connectivity index (χ2n) is 4.29. The van der Waals surface area contributed by atoms with E-state index >= 15 is 0 Å². The van der Waals surface area contributed by atoms with Crippen LogP contribution in [0.3, 0.4) is 0 Å². The molecule has 2 rings (SSSR count). The first kappa shape index (κ1) is 12.0. The van der Waals surface area contributed by atoms with E-state index in [0.717, 1.165) is 17.5 Å². The van der Waals surface area contributed by atoms with Crippen molar-refractivity contribution in [2.45, 2.75) is 31.9 Å². The topological polar surface area (TPSA) is 38.3 Å². The van der Waals surface area contributed by atoms with E-state index in [4.69, 9.17) is 4.74 Å². The van der Waals surface area contributed by atoms with Gasteiger partial charge in [-0.25, -0.2) is 4.39 Å². The number of ether oxygens (including phenoxy) is 1. The maximum Gasteiger partial charge on any atom is 0.249 e. The molecule has 1 aliphatic rings. The SMILES string of the molecule is COC(C)C(=O)NC1CCc2c(F)cccc21. The van der Waals surface area contributed by atoms with Gasteiger partial charge in [0.2, 0.25) is 5.91 Å². The zero-order valence-corrected chi connectivity index (χ0v) is 10.00. The molecule has 0 spiro atoms. The van der Waals surface area contributed by atoms with Crippen molar-refractivity contribution in [3.8, 4) is 0 Å². The van der Waals surface area contributed by atoms with E-state index in [1.165, 1.54) is 13.2 Å². The molecule has 1 N–H and O–H groups in total.